The Hall–Kier alpha value is -1.39. The molecule has 0 amide bonds. The smallest absolute Gasteiger partial charge is 0.143 e. The summed E-state index contributed by atoms with van der Waals surface area (Å²) in [6.07, 6.45) is 3.78. The lowest BCUT2D eigenvalue weighted by Crippen LogP contribution is -2.03. The summed E-state index contributed by atoms with van der Waals surface area (Å²) in [7, 11) is 1.60. The van der Waals surface area contributed by atoms with Crippen molar-refractivity contribution < 1.29 is 9.84 Å². The lowest BCUT2D eigenvalue weighted by atomic mass is 10.1. The third-order valence-corrected chi connectivity index (χ3v) is 3.75. The van der Waals surface area contributed by atoms with Gasteiger partial charge in [0.2, 0.25) is 0 Å². The third kappa shape index (κ3) is 3.31. The van der Waals surface area contributed by atoms with Gasteiger partial charge < -0.3 is 9.84 Å². The summed E-state index contributed by atoms with van der Waals surface area (Å²) in [6.45, 7) is 0. The maximum Gasteiger partial charge on any atom is 0.143 e. The van der Waals surface area contributed by atoms with Crippen molar-refractivity contribution >= 4 is 11.3 Å². The first kappa shape index (κ1) is 13.1. The first-order valence-corrected chi connectivity index (χ1v) is 6.88. The Balaban J connectivity index is 1.89. The van der Waals surface area contributed by atoms with Crippen LogP contribution in [0.1, 0.15) is 29.5 Å². The SMILES string of the molecule is COc1cccnc1C(O)CCCc1cccs1. The van der Waals surface area contributed by atoms with E-state index >= 15 is 0 Å². The number of nitrogens with zero attached hydrogens (tertiary/aromatic N) is 1. The zero-order valence-corrected chi connectivity index (χ0v) is 11.2. The number of hydrogen-bond donors (Lipinski definition) is 1. The molecule has 0 fully saturated rings. The second-order valence-electron chi connectivity index (χ2n) is 4.08. The molecule has 18 heavy (non-hydrogen) atoms. The Labute approximate surface area is 111 Å². The zero-order valence-electron chi connectivity index (χ0n) is 10.4. The van der Waals surface area contributed by atoms with Crippen LogP contribution in [-0.2, 0) is 6.42 Å². The van der Waals surface area contributed by atoms with Crippen LogP contribution in [0.4, 0.5) is 0 Å². The molecule has 0 radical (unpaired) electrons. The average molecular weight is 263 g/mol. The molecule has 2 rings (SSSR count). The third-order valence-electron chi connectivity index (χ3n) is 2.82. The summed E-state index contributed by atoms with van der Waals surface area (Å²) >= 11 is 1.76. The van der Waals surface area contributed by atoms with Gasteiger partial charge in [-0.15, -0.1) is 11.3 Å². The highest BCUT2D eigenvalue weighted by atomic mass is 32.1. The summed E-state index contributed by atoms with van der Waals surface area (Å²) in [5.74, 6) is 0.654. The van der Waals surface area contributed by atoms with E-state index in [-0.39, 0.29) is 0 Å². The van der Waals surface area contributed by atoms with Crippen LogP contribution in [0, 0.1) is 0 Å². The molecule has 0 aromatic carbocycles. The van der Waals surface area contributed by atoms with Crippen LogP contribution in [0.25, 0.3) is 0 Å². The highest BCUT2D eigenvalue weighted by Crippen LogP contribution is 2.26. The summed E-state index contributed by atoms with van der Waals surface area (Å²) in [6, 6.07) is 7.81. The van der Waals surface area contributed by atoms with Gasteiger partial charge in [0.05, 0.1) is 13.2 Å². The molecule has 0 bridgehead atoms. The largest absolute Gasteiger partial charge is 0.495 e. The number of ether oxygens (including phenoxy) is 1. The molecule has 1 N–H and O–H groups in total. The van der Waals surface area contributed by atoms with Gasteiger partial charge >= 0.3 is 0 Å². The van der Waals surface area contributed by atoms with Gasteiger partial charge in [-0.3, -0.25) is 4.98 Å². The van der Waals surface area contributed by atoms with Crippen molar-refractivity contribution in [2.24, 2.45) is 0 Å². The van der Waals surface area contributed by atoms with E-state index in [1.807, 2.05) is 6.07 Å². The van der Waals surface area contributed by atoms with Gasteiger partial charge in [-0.1, -0.05) is 6.07 Å². The Kier molecular flexibility index (Phi) is 4.73. The van der Waals surface area contributed by atoms with Crippen molar-refractivity contribution in [3.05, 3.63) is 46.4 Å². The molecule has 0 saturated carbocycles. The van der Waals surface area contributed by atoms with Crippen molar-refractivity contribution in [1.29, 1.82) is 0 Å². The monoisotopic (exact) mass is 263 g/mol. The van der Waals surface area contributed by atoms with Crippen LogP contribution in [0.15, 0.2) is 35.8 Å². The van der Waals surface area contributed by atoms with E-state index in [9.17, 15) is 5.11 Å². The minimum atomic E-state index is -0.555. The first-order chi connectivity index (χ1) is 8.81. The molecule has 3 nitrogen and oxygen atoms in total. The fourth-order valence-corrected chi connectivity index (χ4v) is 2.64. The standard InChI is InChI=1S/C14H17NO2S/c1-17-13-8-3-9-15-14(13)12(16)7-2-5-11-6-4-10-18-11/h3-4,6,8-10,12,16H,2,5,7H2,1H3. The molecule has 4 heteroatoms. The maximum absolute atomic E-state index is 10.1. The molecule has 0 saturated heterocycles. The van der Waals surface area contributed by atoms with Crippen LogP contribution in [0.5, 0.6) is 5.75 Å². The van der Waals surface area contributed by atoms with Gasteiger partial charge in [0.25, 0.3) is 0 Å². The molecule has 2 aromatic rings. The maximum atomic E-state index is 10.1. The normalized spacial score (nSPS) is 12.3. The van der Waals surface area contributed by atoms with Gasteiger partial charge in [-0.2, -0.15) is 0 Å². The number of hydrogen-bond acceptors (Lipinski definition) is 4. The van der Waals surface area contributed by atoms with Crippen molar-refractivity contribution in [3.8, 4) is 5.75 Å². The summed E-state index contributed by atoms with van der Waals surface area (Å²) in [4.78, 5) is 5.55. The number of aliphatic hydroxyl groups is 1. The molecule has 0 aliphatic carbocycles. The Bertz CT molecular complexity index is 470. The molecular weight excluding hydrogens is 246 g/mol. The van der Waals surface area contributed by atoms with Crippen LogP contribution in [0.3, 0.4) is 0 Å². The van der Waals surface area contributed by atoms with E-state index in [4.69, 9.17) is 4.74 Å². The number of aliphatic hydroxyl groups excluding tert-OH is 1. The molecule has 0 aliphatic heterocycles. The van der Waals surface area contributed by atoms with Crippen LogP contribution in [-0.4, -0.2) is 17.2 Å². The molecule has 1 atom stereocenters. The fraction of sp³-hybridized carbons (Fsp3) is 0.357. The number of thiophene rings is 1. The van der Waals surface area contributed by atoms with E-state index in [0.29, 0.717) is 17.9 Å². The summed E-state index contributed by atoms with van der Waals surface area (Å²) in [5, 5.41) is 12.2. The molecule has 0 spiro atoms. The summed E-state index contributed by atoms with van der Waals surface area (Å²) < 4.78 is 5.20. The number of aromatic nitrogens is 1. The minimum Gasteiger partial charge on any atom is -0.495 e. The van der Waals surface area contributed by atoms with Crippen molar-refractivity contribution in [3.63, 3.8) is 0 Å². The van der Waals surface area contributed by atoms with E-state index < -0.39 is 6.10 Å². The highest BCUT2D eigenvalue weighted by molar-refractivity contribution is 7.09. The van der Waals surface area contributed by atoms with Gasteiger partial charge in [0.1, 0.15) is 11.4 Å². The van der Waals surface area contributed by atoms with E-state index in [1.54, 1.807) is 30.7 Å². The Morgan fingerprint density at radius 1 is 1.39 bits per heavy atom. The van der Waals surface area contributed by atoms with E-state index in [0.717, 1.165) is 12.8 Å². The number of rotatable bonds is 6. The van der Waals surface area contributed by atoms with Crippen LogP contribution < -0.4 is 4.74 Å². The number of methoxy groups -OCH3 is 1. The second kappa shape index (κ2) is 6.52. The van der Waals surface area contributed by atoms with Crippen LogP contribution in [0.2, 0.25) is 0 Å². The lowest BCUT2D eigenvalue weighted by Gasteiger charge is -2.12. The number of pyridine rings is 1. The Morgan fingerprint density at radius 2 is 2.28 bits per heavy atom. The van der Waals surface area contributed by atoms with E-state index in [1.165, 1.54) is 4.88 Å². The van der Waals surface area contributed by atoms with Gasteiger partial charge in [0.15, 0.2) is 0 Å². The van der Waals surface area contributed by atoms with Gasteiger partial charge in [-0.05, 0) is 42.8 Å². The minimum absolute atomic E-state index is 0.555. The fourth-order valence-electron chi connectivity index (χ4n) is 1.89. The quantitative estimate of drug-likeness (QED) is 0.870. The first-order valence-electron chi connectivity index (χ1n) is 6.00. The molecule has 0 aliphatic rings. The van der Waals surface area contributed by atoms with Crippen molar-refractivity contribution in [2.45, 2.75) is 25.4 Å². The zero-order chi connectivity index (χ0) is 12.8. The molecule has 2 heterocycles. The van der Waals surface area contributed by atoms with Gasteiger partial charge in [-0.25, -0.2) is 0 Å². The van der Waals surface area contributed by atoms with Crippen molar-refractivity contribution in [1.82, 2.24) is 4.98 Å². The molecule has 96 valence electrons. The average Bonchev–Trinajstić information content (AvgIpc) is 2.91. The number of aryl methyl sites for hydroxylation is 1. The lowest BCUT2D eigenvalue weighted by molar-refractivity contribution is 0.155. The highest BCUT2D eigenvalue weighted by Gasteiger charge is 2.14. The van der Waals surface area contributed by atoms with Crippen LogP contribution >= 0.6 is 11.3 Å². The second-order valence-corrected chi connectivity index (χ2v) is 5.11. The van der Waals surface area contributed by atoms with E-state index in [2.05, 4.69) is 22.5 Å². The van der Waals surface area contributed by atoms with Gasteiger partial charge in [0, 0.05) is 11.1 Å². The summed E-state index contributed by atoms with van der Waals surface area (Å²) in [5.41, 5.74) is 0.631. The molecular formula is C14H17NO2S. The predicted molar refractivity (Wildman–Crippen MR) is 73.0 cm³/mol. The van der Waals surface area contributed by atoms with Crippen molar-refractivity contribution in [2.75, 3.05) is 7.11 Å². The topological polar surface area (TPSA) is 42.4 Å². The molecule has 2 aromatic heterocycles. The Morgan fingerprint density at radius 3 is 3.00 bits per heavy atom. The predicted octanol–water partition coefficient (Wildman–Crippen LogP) is 3.21. The molecule has 1 unspecified atom stereocenters.